The lowest BCUT2D eigenvalue weighted by atomic mass is 9.79. The van der Waals surface area contributed by atoms with Crippen LogP contribution >= 0.6 is 11.3 Å². The number of nitrogens with zero attached hydrogens (tertiary/aromatic N) is 3. The van der Waals surface area contributed by atoms with Crippen molar-refractivity contribution in [3.63, 3.8) is 0 Å². The normalized spacial score (nSPS) is 17.3. The number of hydrogen-bond acceptors (Lipinski definition) is 7. The Bertz CT molecular complexity index is 1400. The number of carbonyl (C=O) groups is 1. The number of thiazole rings is 1. The molecule has 172 valence electrons. The van der Waals surface area contributed by atoms with Gasteiger partial charge in [-0.25, -0.2) is 19.7 Å². The van der Waals surface area contributed by atoms with E-state index in [1.54, 1.807) is 30.6 Å². The van der Waals surface area contributed by atoms with Crippen LogP contribution in [0.3, 0.4) is 0 Å². The summed E-state index contributed by atoms with van der Waals surface area (Å²) >= 11 is 1.41. The van der Waals surface area contributed by atoms with Crippen LogP contribution in [0.15, 0.2) is 54.9 Å². The van der Waals surface area contributed by atoms with E-state index in [2.05, 4.69) is 15.3 Å². The molecule has 0 aliphatic heterocycles. The maximum Gasteiger partial charge on any atom is 0.335 e. The number of rotatable bonds is 5. The van der Waals surface area contributed by atoms with Crippen LogP contribution in [0.4, 0.5) is 11.6 Å². The predicted octanol–water partition coefficient (Wildman–Crippen LogP) is 5.23. The monoisotopic (exact) mass is 472 g/mol. The molecule has 0 amide bonds. The molecule has 7 nitrogen and oxygen atoms in total. The van der Waals surface area contributed by atoms with Crippen LogP contribution in [0.25, 0.3) is 10.6 Å². The summed E-state index contributed by atoms with van der Waals surface area (Å²) in [5.41, 5.74) is 3.48. The van der Waals surface area contributed by atoms with Crippen molar-refractivity contribution in [1.29, 1.82) is 0 Å². The van der Waals surface area contributed by atoms with Crippen molar-refractivity contribution >= 4 is 28.9 Å². The Morgan fingerprint density at radius 3 is 2.68 bits per heavy atom. The smallest absolute Gasteiger partial charge is 0.335 e. The van der Waals surface area contributed by atoms with Gasteiger partial charge in [-0.3, -0.25) is 0 Å². The molecule has 0 radical (unpaired) electrons. The van der Waals surface area contributed by atoms with E-state index in [1.165, 1.54) is 11.3 Å². The average molecular weight is 473 g/mol. The lowest BCUT2D eigenvalue weighted by Gasteiger charge is -2.33. The molecule has 1 aromatic carbocycles. The van der Waals surface area contributed by atoms with Crippen LogP contribution in [0.1, 0.15) is 50.5 Å². The Kier molecular flexibility index (Phi) is 5.63. The fraction of sp³-hybridized carbons (Fsp3) is 0.231. The summed E-state index contributed by atoms with van der Waals surface area (Å²) in [4.78, 5) is 25.9. The summed E-state index contributed by atoms with van der Waals surface area (Å²) in [5.74, 6) is 0.443. The second-order valence-corrected chi connectivity index (χ2v) is 9.71. The molecule has 0 spiro atoms. The van der Waals surface area contributed by atoms with Gasteiger partial charge in [0.05, 0.1) is 16.1 Å². The number of aliphatic hydroxyl groups is 1. The number of aryl methyl sites for hydroxylation is 3. The number of anilines is 2. The summed E-state index contributed by atoms with van der Waals surface area (Å²) in [6.07, 6.45) is 5.52. The minimum absolute atomic E-state index is 0.231. The second kappa shape index (κ2) is 8.62. The number of hydrogen-bond donors (Lipinski definition) is 3. The highest BCUT2D eigenvalue weighted by Gasteiger charge is 2.39. The topological polar surface area (TPSA) is 108 Å². The lowest BCUT2D eigenvalue weighted by molar-refractivity contribution is 0.0607. The molecule has 0 saturated heterocycles. The van der Waals surface area contributed by atoms with E-state index in [0.717, 1.165) is 51.5 Å². The van der Waals surface area contributed by atoms with E-state index in [0.29, 0.717) is 17.2 Å². The van der Waals surface area contributed by atoms with Crippen LogP contribution < -0.4 is 5.32 Å². The molecule has 3 heterocycles. The summed E-state index contributed by atoms with van der Waals surface area (Å²) in [7, 11) is 0. The van der Waals surface area contributed by atoms with E-state index in [4.69, 9.17) is 4.98 Å². The average Bonchev–Trinajstić information content (AvgIpc) is 3.30. The summed E-state index contributed by atoms with van der Waals surface area (Å²) in [6, 6.07) is 12.8. The molecule has 1 aliphatic rings. The van der Waals surface area contributed by atoms with Gasteiger partial charge in [-0.15, -0.1) is 11.3 Å². The van der Waals surface area contributed by atoms with Crippen LogP contribution in [-0.2, 0) is 12.0 Å². The quantitative estimate of drug-likeness (QED) is 0.365. The van der Waals surface area contributed by atoms with Gasteiger partial charge in [0, 0.05) is 12.4 Å². The molecule has 0 bridgehead atoms. The third-order valence-electron chi connectivity index (χ3n) is 6.04. The predicted molar refractivity (Wildman–Crippen MR) is 132 cm³/mol. The summed E-state index contributed by atoms with van der Waals surface area (Å²) < 4.78 is 0. The molecule has 0 saturated carbocycles. The molecule has 3 N–H and O–H groups in total. The number of nitrogens with one attached hydrogen (secondary N) is 1. The second-order valence-electron chi connectivity index (χ2n) is 8.68. The molecule has 1 aliphatic carbocycles. The fourth-order valence-electron chi connectivity index (χ4n) is 4.41. The van der Waals surface area contributed by atoms with Crippen molar-refractivity contribution in [3.8, 4) is 10.6 Å². The first-order chi connectivity index (χ1) is 16.3. The fourth-order valence-corrected chi connectivity index (χ4v) is 5.41. The molecule has 0 unspecified atom stereocenters. The SMILES string of the molecule is Cc1ccnc(Nc2cc(C)cc(-c3cnc([C@]4(O)CCCc5cc(C(=O)O)ccc54)s3)n2)c1. The standard InChI is InChI=1S/C26H24N4O3S/c1-15-7-9-27-22(11-15)30-23-12-16(2)10-20(29-23)21-14-28-25(34-21)26(33)8-3-4-17-13-18(24(31)32)5-6-19(17)26/h5-7,9-14,33H,3-4,8H2,1-2H3,(H,31,32)(H,27,29,30)/t26-/m0/s1. The highest BCUT2D eigenvalue weighted by molar-refractivity contribution is 7.15. The van der Waals surface area contributed by atoms with Crippen molar-refractivity contribution in [2.24, 2.45) is 0 Å². The van der Waals surface area contributed by atoms with Gasteiger partial charge in [0.25, 0.3) is 0 Å². The molecule has 0 fully saturated rings. The van der Waals surface area contributed by atoms with E-state index < -0.39 is 11.6 Å². The van der Waals surface area contributed by atoms with Crippen molar-refractivity contribution in [1.82, 2.24) is 15.0 Å². The van der Waals surface area contributed by atoms with Gasteiger partial charge in [-0.2, -0.15) is 0 Å². The van der Waals surface area contributed by atoms with E-state index >= 15 is 0 Å². The molecular weight excluding hydrogens is 448 g/mol. The Hall–Kier alpha value is -3.62. The van der Waals surface area contributed by atoms with Gasteiger partial charge in [0.2, 0.25) is 0 Å². The van der Waals surface area contributed by atoms with Crippen molar-refractivity contribution in [3.05, 3.63) is 87.7 Å². The Balaban J connectivity index is 1.48. The van der Waals surface area contributed by atoms with Crippen molar-refractivity contribution in [2.75, 3.05) is 5.32 Å². The Labute approximate surface area is 201 Å². The van der Waals surface area contributed by atoms with Gasteiger partial charge in [0.15, 0.2) is 0 Å². The van der Waals surface area contributed by atoms with Crippen LogP contribution in [0, 0.1) is 13.8 Å². The minimum atomic E-state index is -1.25. The van der Waals surface area contributed by atoms with E-state index in [9.17, 15) is 15.0 Å². The zero-order valence-electron chi connectivity index (χ0n) is 18.9. The van der Waals surface area contributed by atoms with Gasteiger partial charge in [0.1, 0.15) is 22.2 Å². The third kappa shape index (κ3) is 4.18. The van der Waals surface area contributed by atoms with Gasteiger partial charge in [-0.1, -0.05) is 6.07 Å². The molecule has 4 aromatic rings. The third-order valence-corrected chi connectivity index (χ3v) is 7.21. The molecule has 5 rings (SSSR count). The van der Waals surface area contributed by atoms with Gasteiger partial charge >= 0.3 is 5.97 Å². The zero-order valence-corrected chi connectivity index (χ0v) is 19.7. The van der Waals surface area contributed by atoms with E-state index in [-0.39, 0.29) is 5.56 Å². The molecule has 3 aromatic heterocycles. The number of aromatic carboxylic acids is 1. The number of pyridine rings is 2. The summed E-state index contributed by atoms with van der Waals surface area (Å²) in [5, 5.41) is 24.9. The van der Waals surface area contributed by atoms with Gasteiger partial charge in [-0.05, 0) is 91.8 Å². The Morgan fingerprint density at radius 2 is 1.88 bits per heavy atom. The number of benzene rings is 1. The minimum Gasteiger partial charge on any atom is -0.478 e. The molecule has 8 heteroatoms. The molecule has 1 atom stereocenters. The zero-order chi connectivity index (χ0) is 23.9. The maximum atomic E-state index is 11.7. The van der Waals surface area contributed by atoms with Crippen LogP contribution in [0.2, 0.25) is 0 Å². The first-order valence-electron chi connectivity index (χ1n) is 11.1. The van der Waals surface area contributed by atoms with Crippen LogP contribution in [-0.4, -0.2) is 31.1 Å². The first kappa shape index (κ1) is 22.2. The largest absolute Gasteiger partial charge is 0.478 e. The summed E-state index contributed by atoms with van der Waals surface area (Å²) in [6.45, 7) is 4.02. The number of aromatic nitrogens is 3. The highest BCUT2D eigenvalue weighted by Crippen LogP contribution is 2.43. The van der Waals surface area contributed by atoms with Crippen molar-refractivity contribution < 1.29 is 15.0 Å². The van der Waals surface area contributed by atoms with E-state index in [1.807, 2.05) is 38.1 Å². The highest BCUT2D eigenvalue weighted by atomic mass is 32.1. The number of fused-ring (bicyclic) bond motifs is 1. The Morgan fingerprint density at radius 1 is 1.06 bits per heavy atom. The maximum absolute atomic E-state index is 11.7. The van der Waals surface area contributed by atoms with Gasteiger partial charge < -0.3 is 15.5 Å². The molecular formula is C26H24N4O3S. The number of carboxylic acids is 1. The first-order valence-corrected chi connectivity index (χ1v) is 11.9. The van der Waals surface area contributed by atoms with Crippen LogP contribution in [0.5, 0.6) is 0 Å². The van der Waals surface area contributed by atoms with Crippen molar-refractivity contribution in [2.45, 2.75) is 38.7 Å². The number of carboxylic acid groups (broad SMARTS) is 1. The molecule has 34 heavy (non-hydrogen) atoms. The lowest BCUT2D eigenvalue weighted by Crippen LogP contribution is -2.32.